The van der Waals surface area contributed by atoms with E-state index in [0.29, 0.717) is 18.2 Å². The summed E-state index contributed by atoms with van der Waals surface area (Å²) in [5, 5.41) is 0.673. The van der Waals surface area contributed by atoms with E-state index in [9.17, 15) is 4.79 Å². The number of aromatic nitrogens is 1. The number of anilines is 1. The monoisotopic (exact) mass is 297 g/mol. The number of carbonyl (C=O) groups is 1. The summed E-state index contributed by atoms with van der Waals surface area (Å²) < 4.78 is 4.99. The minimum absolute atomic E-state index is 0.156. The van der Waals surface area contributed by atoms with Gasteiger partial charge < -0.3 is 9.64 Å². The Morgan fingerprint density at radius 3 is 3.00 bits per heavy atom. The van der Waals surface area contributed by atoms with Gasteiger partial charge in [-0.1, -0.05) is 11.6 Å². The van der Waals surface area contributed by atoms with E-state index in [-0.39, 0.29) is 5.97 Å². The summed E-state index contributed by atoms with van der Waals surface area (Å²) in [6, 6.07) is 3.68. The molecule has 5 nitrogen and oxygen atoms in total. The highest BCUT2D eigenvalue weighted by molar-refractivity contribution is 6.32. The van der Waals surface area contributed by atoms with Gasteiger partial charge in [-0.15, -0.1) is 0 Å². The van der Waals surface area contributed by atoms with Gasteiger partial charge in [0.25, 0.3) is 0 Å². The van der Waals surface area contributed by atoms with Gasteiger partial charge in [-0.2, -0.15) is 0 Å². The number of rotatable bonds is 4. The Bertz CT molecular complexity index is 456. The van der Waals surface area contributed by atoms with Crippen LogP contribution in [0.5, 0.6) is 0 Å². The van der Waals surface area contributed by atoms with Crippen molar-refractivity contribution < 1.29 is 9.53 Å². The number of hydrogen-bond acceptors (Lipinski definition) is 5. The highest BCUT2D eigenvalue weighted by atomic mass is 35.5. The van der Waals surface area contributed by atoms with Crippen LogP contribution < -0.4 is 4.90 Å². The average Bonchev–Trinajstić information content (AvgIpc) is 2.65. The normalized spacial score (nSPS) is 16.8. The molecule has 0 spiro atoms. The molecule has 1 fully saturated rings. The molecule has 2 heterocycles. The van der Waals surface area contributed by atoms with Gasteiger partial charge in [-0.3, -0.25) is 9.69 Å². The maximum absolute atomic E-state index is 11.5. The number of carbonyl (C=O) groups excluding carboxylic acids is 1. The van der Waals surface area contributed by atoms with Crippen LogP contribution in [0.1, 0.15) is 13.3 Å². The van der Waals surface area contributed by atoms with Crippen molar-refractivity contribution in [2.24, 2.45) is 0 Å². The molecular weight excluding hydrogens is 278 g/mol. The zero-order valence-corrected chi connectivity index (χ0v) is 12.5. The van der Waals surface area contributed by atoms with Crippen LogP contribution in [0.2, 0.25) is 5.02 Å². The Labute approximate surface area is 124 Å². The maximum atomic E-state index is 11.5. The number of hydrogen-bond donors (Lipinski definition) is 0. The predicted molar refractivity (Wildman–Crippen MR) is 79.2 cm³/mol. The third kappa shape index (κ3) is 4.08. The van der Waals surface area contributed by atoms with Crippen LogP contribution >= 0.6 is 11.6 Å². The zero-order chi connectivity index (χ0) is 14.4. The summed E-state index contributed by atoms with van der Waals surface area (Å²) in [6.45, 7) is 6.03. The lowest BCUT2D eigenvalue weighted by Crippen LogP contribution is -2.35. The lowest BCUT2D eigenvalue weighted by Gasteiger charge is -2.23. The molecule has 0 saturated carbocycles. The van der Waals surface area contributed by atoms with Crippen molar-refractivity contribution in [3.05, 3.63) is 23.4 Å². The van der Waals surface area contributed by atoms with Gasteiger partial charge in [-0.25, -0.2) is 4.98 Å². The molecule has 0 amide bonds. The Morgan fingerprint density at radius 2 is 2.25 bits per heavy atom. The lowest BCUT2D eigenvalue weighted by molar-refractivity contribution is -0.144. The van der Waals surface area contributed by atoms with Gasteiger partial charge in [0.05, 0.1) is 18.2 Å². The summed E-state index contributed by atoms with van der Waals surface area (Å²) in [5.74, 6) is 0.670. The van der Waals surface area contributed by atoms with Crippen molar-refractivity contribution in [3.8, 4) is 0 Å². The van der Waals surface area contributed by atoms with E-state index in [2.05, 4.69) is 14.8 Å². The molecule has 1 aliphatic heterocycles. The van der Waals surface area contributed by atoms with Gasteiger partial charge >= 0.3 is 5.97 Å². The number of ether oxygens (including phenoxy) is 1. The summed E-state index contributed by atoms with van der Waals surface area (Å²) in [4.78, 5) is 20.2. The van der Waals surface area contributed by atoms with Crippen LogP contribution in [0.15, 0.2) is 18.3 Å². The Morgan fingerprint density at radius 1 is 1.40 bits per heavy atom. The van der Waals surface area contributed by atoms with Crippen molar-refractivity contribution in [2.45, 2.75) is 13.3 Å². The summed E-state index contributed by atoms with van der Waals surface area (Å²) in [6.07, 6.45) is 2.73. The molecule has 1 saturated heterocycles. The van der Waals surface area contributed by atoms with Gasteiger partial charge in [-0.05, 0) is 25.5 Å². The molecule has 0 N–H and O–H groups in total. The van der Waals surface area contributed by atoms with E-state index in [4.69, 9.17) is 16.3 Å². The van der Waals surface area contributed by atoms with Gasteiger partial charge in [0, 0.05) is 32.4 Å². The number of halogens is 1. The fourth-order valence-corrected chi connectivity index (χ4v) is 2.58. The van der Waals surface area contributed by atoms with E-state index < -0.39 is 0 Å². The molecule has 2 rings (SSSR count). The second kappa shape index (κ2) is 7.45. The topological polar surface area (TPSA) is 45.7 Å². The zero-order valence-electron chi connectivity index (χ0n) is 11.7. The second-order valence-corrected chi connectivity index (χ2v) is 5.14. The molecule has 1 aromatic rings. The molecule has 0 atom stereocenters. The first-order valence-corrected chi connectivity index (χ1v) is 7.32. The van der Waals surface area contributed by atoms with E-state index in [1.54, 1.807) is 6.20 Å². The first-order valence-electron chi connectivity index (χ1n) is 6.94. The fourth-order valence-electron chi connectivity index (χ4n) is 2.34. The van der Waals surface area contributed by atoms with Crippen molar-refractivity contribution in [1.82, 2.24) is 9.88 Å². The largest absolute Gasteiger partial charge is 0.465 e. The third-order valence-electron chi connectivity index (χ3n) is 3.29. The average molecular weight is 298 g/mol. The van der Waals surface area contributed by atoms with E-state index in [0.717, 1.165) is 38.4 Å². The molecule has 1 aromatic heterocycles. The van der Waals surface area contributed by atoms with Crippen molar-refractivity contribution >= 4 is 23.4 Å². The second-order valence-electron chi connectivity index (χ2n) is 4.73. The molecular formula is C14H20ClN3O2. The van der Waals surface area contributed by atoms with Crippen LogP contribution in [-0.4, -0.2) is 55.2 Å². The molecule has 110 valence electrons. The van der Waals surface area contributed by atoms with Crippen molar-refractivity contribution in [1.29, 1.82) is 0 Å². The maximum Gasteiger partial charge on any atom is 0.320 e. The quantitative estimate of drug-likeness (QED) is 0.793. The number of pyridine rings is 1. The smallest absolute Gasteiger partial charge is 0.320 e. The molecule has 0 unspecified atom stereocenters. The molecule has 0 bridgehead atoms. The molecule has 6 heteroatoms. The van der Waals surface area contributed by atoms with Crippen molar-refractivity contribution in [2.75, 3.05) is 44.2 Å². The third-order valence-corrected chi connectivity index (χ3v) is 3.58. The predicted octanol–water partition coefficient (Wildman–Crippen LogP) is 1.81. The standard InChI is InChI=1S/C14H20ClN3O2/c1-2-20-13(19)11-17-7-4-8-18(10-9-17)14-12(15)5-3-6-16-14/h3,5-6H,2,4,7-11H2,1H3. The van der Waals surface area contributed by atoms with Gasteiger partial charge in [0.15, 0.2) is 0 Å². The number of esters is 1. The first kappa shape index (κ1) is 15.1. The van der Waals surface area contributed by atoms with Crippen LogP contribution in [-0.2, 0) is 9.53 Å². The molecule has 20 heavy (non-hydrogen) atoms. The van der Waals surface area contributed by atoms with Crippen molar-refractivity contribution in [3.63, 3.8) is 0 Å². The van der Waals surface area contributed by atoms with Crippen LogP contribution in [0.25, 0.3) is 0 Å². The molecule has 0 aromatic carbocycles. The SMILES string of the molecule is CCOC(=O)CN1CCCN(c2ncccc2Cl)CC1. The van der Waals surface area contributed by atoms with Gasteiger partial charge in [0.1, 0.15) is 5.82 Å². The van der Waals surface area contributed by atoms with E-state index in [1.165, 1.54) is 0 Å². The van der Waals surface area contributed by atoms with Gasteiger partial charge in [0.2, 0.25) is 0 Å². The summed E-state index contributed by atoms with van der Waals surface area (Å²) in [5.41, 5.74) is 0. The van der Waals surface area contributed by atoms with Crippen LogP contribution in [0, 0.1) is 0 Å². The Hall–Kier alpha value is -1.33. The van der Waals surface area contributed by atoms with E-state index >= 15 is 0 Å². The number of nitrogens with zero attached hydrogens (tertiary/aromatic N) is 3. The summed E-state index contributed by atoms with van der Waals surface area (Å²) in [7, 11) is 0. The van der Waals surface area contributed by atoms with E-state index in [1.807, 2.05) is 19.1 Å². The first-order chi connectivity index (χ1) is 9.70. The lowest BCUT2D eigenvalue weighted by atomic mass is 10.3. The molecule has 1 aliphatic rings. The molecule has 0 aliphatic carbocycles. The Balaban J connectivity index is 1.92. The highest BCUT2D eigenvalue weighted by Gasteiger charge is 2.19. The minimum Gasteiger partial charge on any atom is -0.465 e. The molecule has 0 radical (unpaired) electrons. The van der Waals surface area contributed by atoms with Crippen LogP contribution in [0.3, 0.4) is 0 Å². The summed E-state index contributed by atoms with van der Waals surface area (Å²) >= 11 is 6.18. The minimum atomic E-state index is -0.156. The van der Waals surface area contributed by atoms with Crippen LogP contribution in [0.4, 0.5) is 5.82 Å². The fraction of sp³-hybridized carbons (Fsp3) is 0.571. The highest BCUT2D eigenvalue weighted by Crippen LogP contribution is 2.23. The Kier molecular flexibility index (Phi) is 5.61.